The number of nitrogens with one attached hydrogen (secondary N) is 1. The number of alkyl halides is 3. The molecule has 1 N–H and O–H groups in total. The third kappa shape index (κ3) is 4.61. The molecule has 1 aromatic rings. The van der Waals surface area contributed by atoms with Crippen molar-refractivity contribution in [1.29, 1.82) is 0 Å². The van der Waals surface area contributed by atoms with Crippen LogP contribution in [0.1, 0.15) is 24.0 Å². The summed E-state index contributed by atoms with van der Waals surface area (Å²) in [6.07, 6.45) is -4.56. The smallest absolute Gasteiger partial charge is 0.414 e. The number of hydrogen-bond acceptors (Lipinski definition) is 3. The van der Waals surface area contributed by atoms with Crippen molar-refractivity contribution in [3.63, 3.8) is 0 Å². The normalized spacial score (nSPS) is 22.6. The van der Waals surface area contributed by atoms with E-state index in [0.717, 1.165) is 23.3 Å². The highest BCUT2D eigenvalue weighted by molar-refractivity contribution is 5.36. The first-order chi connectivity index (χ1) is 10.4. The molecule has 1 saturated heterocycles. The van der Waals surface area contributed by atoms with Gasteiger partial charge in [0.2, 0.25) is 0 Å². The Morgan fingerprint density at radius 2 is 2.14 bits per heavy atom. The third-order valence-electron chi connectivity index (χ3n) is 3.97. The topological polar surface area (TPSA) is 30.5 Å². The minimum Gasteiger partial charge on any atom is -0.496 e. The molecule has 0 aliphatic carbocycles. The molecule has 0 saturated carbocycles. The van der Waals surface area contributed by atoms with Crippen LogP contribution in [0.2, 0.25) is 0 Å². The second kappa shape index (κ2) is 7.33. The Balaban J connectivity index is 1.81. The van der Waals surface area contributed by atoms with E-state index < -0.39 is 12.3 Å². The highest BCUT2D eigenvalue weighted by Crippen LogP contribution is 2.29. The Bertz CT molecular complexity index is 491. The first kappa shape index (κ1) is 17.1. The molecule has 0 aromatic heterocycles. The molecular formula is C16H22F3NO2. The summed E-state index contributed by atoms with van der Waals surface area (Å²) in [5.74, 6) is 0.834. The third-order valence-corrected chi connectivity index (χ3v) is 3.97. The summed E-state index contributed by atoms with van der Waals surface area (Å²) in [6.45, 7) is 2.77. The Morgan fingerprint density at radius 3 is 2.82 bits per heavy atom. The minimum absolute atomic E-state index is 0.0132. The van der Waals surface area contributed by atoms with Gasteiger partial charge < -0.3 is 14.8 Å². The van der Waals surface area contributed by atoms with Crippen molar-refractivity contribution in [2.45, 2.75) is 44.5 Å². The van der Waals surface area contributed by atoms with Gasteiger partial charge in [-0.25, -0.2) is 0 Å². The summed E-state index contributed by atoms with van der Waals surface area (Å²) in [5, 5.41) is 3.20. The van der Waals surface area contributed by atoms with Gasteiger partial charge in [-0.05, 0) is 49.9 Å². The molecule has 2 rings (SSSR count). The zero-order chi connectivity index (χ0) is 16.2. The summed E-state index contributed by atoms with van der Waals surface area (Å²) in [4.78, 5) is 0. The van der Waals surface area contributed by atoms with Crippen LogP contribution in [-0.4, -0.2) is 38.6 Å². The van der Waals surface area contributed by atoms with Crippen LogP contribution < -0.4 is 10.1 Å². The van der Waals surface area contributed by atoms with E-state index in [-0.39, 0.29) is 19.1 Å². The van der Waals surface area contributed by atoms with Gasteiger partial charge in [0.05, 0.1) is 7.11 Å². The van der Waals surface area contributed by atoms with Crippen LogP contribution in [0.3, 0.4) is 0 Å². The van der Waals surface area contributed by atoms with E-state index in [0.29, 0.717) is 13.0 Å². The van der Waals surface area contributed by atoms with E-state index in [1.54, 1.807) is 7.11 Å². The molecule has 0 radical (unpaired) electrons. The van der Waals surface area contributed by atoms with E-state index in [1.807, 2.05) is 25.1 Å². The first-order valence-electron chi connectivity index (χ1n) is 7.45. The second-order valence-electron chi connectivity index (χ2n) is 5.63. The monoisotopic (exact) mass is 317 g/mol. The van der Waals surface area contributed by atoms with Gasteiger partial charge in [-0.1, -0.05) is 12.1 Å². The van der Waals surface area contributed by atoms with Crippen LogP contribution in [0.4, 0.5) is 13.2 Å². The molecule has 1 fully saturated rings. The van der Waals surface area contributed by atoms with Crippen LogP contribution in [-0.2, 0) is 11.2 Å². The highest BCUT2D eigenvalue weighted by Gasteiger charge is 2.43. The average Bonchev–Trinajstić information content (AvgIpc) is 2.48. The van der Waals surface area contributed by atoms with Crippen LogP contribution in [0.5, 0.6) is 5.75 Å². The fourth-order valence-electron chi connectivity index (χ4n) is 2.65. The van der Waals surface area contributed by atoms with Gasteiger partial charge in [-0.15, -0.1) is 0 Å². The Labute approximate surface area is 128 Å². The van der Waals surface area contributed by atoms with Crippen molar-refractivity contribution in [3.05, 3.63) is 29.3 Å². The van der Waals surface area contributed by atoms with Gasteiger partial charge in [-0.2, -0.15) is 13.2 Å². The number of benzene rings is 1. The zero-order valence-corrected chi connectivity index (χ0v) is 12.9. The SMILES string of the molecule is COc1cc(CCNC2CCOC(C(F)(F)F)C2)ccc1C. The Morgan fingerprint density at radius 1 is 1.36 bits per heavy atom. The van der Waals surface area contributed by atoms with E-state index in [4.69, 9.17) is 9.47 Å². The largest absolute Gasteiger partial charge is 0.496 e. The fourth-order valence-corrected chi connectivity index (χ4v) is 2.65. The molecule has 0 amide bonds. The molecule has 124 valence electrons. The van der Waals surface area contributed by atoms with E-state index in [1.165, 1.54) is 0 Å². The van der Waals surface area contributed by atoms with E-state index in [2.05, 4.69) is 5.32 Å². The maximum absolute atomic E-state index is 12.7. The molecule has 1 aliphatic rings. The molecule has 0 bridgehead atoms. The quantitative estimate of drug-likeness (QED) is 0.904. The fraction of sp³-hybridized carbons (Fsp3) is 0.625. The van der Waals surface area contributed by atoms with Crippen LogP contribution in [0.15, 0.2) is 18.2 Å². The lowest BCUT2D eigenvalue weighted by molar-refractivity contribution is -0.232. The average molecular weight is 317 g/mol. The number of hydrogen-bond donors (Lipinski definition) is 1. The standard InChI is InChI=1S/C16H22F3NO2/c1-11-3-4-12(9-14(11)21-2)5-7-20-13-6-8-22-15(10-13)16(17,18)19/h3-4,9,13,15,20H,5-8,10H2,1-2H3. The molecule has 6 heteroatoms. The Hall–Kier alpha value is -1.27. The van der Waals surface area contributed by atoms with Crippen molar-refractivity contribution in [1.82, 2.24) is 5.32 Å². The van der Waals surface area contributed by atoms with Crippen LogP contribution in [0, 0.1) is 6.92 Å². The molecule has 2 unspecified atom stereocenters. The van der Waals surface area contributed by atoms with E-state index in [9.17, 15) is 13.2 Å². The van der Waals surface area contributed by atoms with Gasteiger partial charge in [0.15, 0.2) is 6.10 Å². The number of aryl methyl sites for hydroxylation is 1. The van der Waals surface area contributed by atoms with Crippen molar-refractivity contribution in [2.75, 3.05) is 20.3 Å². The molecule has 22 heavy (non-hydrogen) atoms. The number of ether oxygens (including phenoxy) is 2. The number of methoxy groups -OCH3 is 1. The van der Waals surface area contributed by atoms with Crippen LogP contribution >= 0.6 is 0 Å². The highest BCUT2D eigenvalue weighted by atomic mass is 19.4. The van der Waals surface area contributed by atoms with Crippen molar-refractivity contribution in [2.24, 2.45) is 0 Å². The maximum Gasteiger partial charge on any atom is 0.414 e. The molecule has 0 spiro atoms. The predicted molar refractivity (Wildman–Crippen MR) is 78.3 cm³/mol. The molecule has 1 heterocycles. The van der Waals surface area contributed by atoms with Gasteiger partial charge in [-0.3, -0.25) is 0 Å². The minimum atomic E-state index is -4.27. The van der Waals surface area contributed by atoms with Gasteiger partial charge in [0, 0.05) is 12.6 Å². The van der Waals surface area contributed by atoms with Gasteiger partial charge in [0.1, 0.15) is 5.75 Å². The summed E-state index contributed by atoms with van der Waals surface area (Å²) in [5.41, 5.74) is 2.17. The zero-order valence-electron chi connectivity index (χ0n) is 12.9. The molecule has 1 aromatic carbocycles. The molecule has 1 aliphatic heterocycles. The first-order valence-corrected chi connectivity index (χ1v) is 7.45. The van der Waals surface area contributed by atoms with Gasteiger partial charge >= 0.3 is 6.18 Å². The lowest BCUT2D eigenvalue weighted by atomic mass is 10.0. The molecular weight excluding hydrogens is 295 g/mol. The van der Waals surface area contributed by atoms with Gasteiger partial charge in [0.25, 0.3) is 0 Å². The maximum atomic E-state index is 12.7. The summed E-state index contributed by atoms with van der Waals surface area (Å²) < 4.78 is 48.0. The number of halogens is 3. The predicted octanol–water partition coefficient (Wildman–Crippen LogP) is 3.25. The summed E-state index contributed by atoms with van der Waals surface area (Å²) in [6, 6.07) is 5.83. The van der Waals surface area contributed by atoms with Crippen LogP contribution in [0.25, 0.3) is 0 Å². The molecule has 3 nitrogen and oxygen atoms in total. The summed E-state index contributed by atoms with van der Waals surface area (Å²) in [7, 11) is 1.63. The Kier molecular flexibility index (Phi) is 5.69. The van der Waals surface area contributed by atoms with Crippen molar-refractivity contribution < 1.29 is 22.6 Å². The summed E-state index contributed by atoms with van der Waals surface area (Å²) >= 11 is 0. The lowest BCUT2D eigenvalue weighted by Crippen LogP contribution is -2.45. The lowest BCUT2D eigenvalue weighted by Gasteiger charge is -2.31. The molecule has 2 atom stereocenters. The van der Waals surface area contributed by atoms with Crippen molar-refractivity contribution >= 4 is 0 Å². The number of rotatable bonds is 5. The second-order valence-corrected chi connectivity index (χ2v) is 5.63. The van der Waals surface area contributed by atoms with E-state index >= 15 is 0 Å². The van der Waals surface area contributed by atoms with Crippen molar-refractivity contribution in [3.8, 4) is 5.75 Å².